The number of carbonyl (C=O) groups is 1. The van der Waals surface area contributed by atoms with Crippen LogP contribution in [0.15, 0.2) is 60.8 Å². The van der Waals surface area contributed by atoms with Crippen LogP contribution in [0.2, 0.25) is 0 Å². The lowest BCUT2D eigenvalue weighted by molar-refractivity contribution is 0.101. The predicted molar refractivity (Wildman–Crippen MR) is 89.2 cm³/mol. The number of aromatic nitrogens is 1. The molecule has 0 saturated heterocycles. The first-order chi connectivity index (χ1) is 11.2. The third kappa shape index (κ3) is 3.66. The monoisotopic (exact) mass is 307 g/mol. The van der Waals surface area contributed by atoms with Crippen LogP contribution in [0.4, 0.5) is 0 Å². The van der Waals surface area contributed by atoms with E-state index in [-0.39, 0.29) is 5.78 Å². The number of Topliss-reactive ketones (excluding diaryl/α,β-unsaturated/α-hetero) is 1. The van der Waals surface area contributed by atoms with Gasteiger partial charge in [0.25, 0.3) is 0 Å². The number of ketones is 1. The van der Waals surface area contributed by atoms with E-state index in [4.69, 9.17) is 9.47 Å². The average Bonchev–Trinajstić information content (AvgIpc) is 2.59. The van der Waals surface area contributed by atoms with Crippen molar-refractivity contribution in [2.75, 3.05) is 13.2 Å². The number of hydrogen-bond donors (Lipinski definition) is 0. The van der Waals surface area contributed by atoms with Crippen molar-refractivity contribution in [3.05, 3.63) is 66.4 Å². The Morgan fingerprint density at radius 2 is 1.70 bits per heavy atom. The van der Waals surface area contributed by atoms with Gasteiger partial charge in [-0.3, -0.25) is 9.78 Å². The van der Waals surface area contributed by atoms with Crippen LogP contribution < -0.4 is 9.47 Å². The Balaban J connectivity index is 1.56. The van der Waals surface area contributed by atoms with E-state index in [9.17, 15) is 4.79 Å². The van der Waals surface area contributed by atoms with Crippen molar-refractivity contribution in [2.24, 2.45) is 0 Å². The standard InChI is InChI=1S/C19H17NO3/c1-14(21)15-7-9-17(10-8-15)22-12-13-23-18-6-2-4-16-5-3-11-20-19(16)18/h2-11H,12-13H2,1H3. The molecule has 4 nitrogen and oxygen atoms in total. The maximum absolute atomic E-state index is 11.2. The van der Waals surface area contributed by atoms with Gasteiger partial charge in [-0.2, -0.15) is 0 Å². The number of ether oxygens (including phenoxy) is 2. The van der Waals surface area contributed by atoms with Gasteiger partial charge in [0, 0.05) is 17.1 Å². The first-order valence-electron chi connectivity index (χ1n) is 7.44. The Labute approximate surface area is 134 Å². The Hall–Kier alpha value is -2.88. The van der Waals surface area contributed by atoms with Gasteiger partial charge in [-0.25, -0.2) is 0 Å². The molecule has 0 atom stereocenters. The van der Waals surface area contributed by atoms with Gasteiger partial charge < -0.3 is 9.47 Å². The number of pyridine rings is 1. The first-order valence-corrected chi connectivity index (χ1v) is 7.44. The van der Waals surface area contributed by atoms with E-state index in [0.29, 0.717) is 18.8 Å². The van der Waals surface area contributed by atoms with Crippen LogP contribution in [-0.4, -0.2) is 24.0 Å². The molecular weight excluding hydrogens is 290 g/mol. The van der Waals surface area contributed by atoms with Gasteiger partial charge >= 0.3 is 0 Å². The number of fused-ring (bicyclic) bond motifs is 1. The average molecular weight is 307 g/mol. The fourth-order valence-corrected chi connectivity index (χ4v) is 2.29. The SMILES string of the molecule is CC(=O)c1ccc(OCCOc2cccc3cccnc23)cc1. The summed E-state index contributed by atoms with van der Waals surface area (Å²) in [7, 11) is 0. The third-order valence-corrected chi connectivity index (χ3v) is 3.47. The molecule has 0 aliphatic heterocycles. The van der Waals surface area contributed by atoms with Gasteiger partial charge in [-0.1, -0.05) is 18.2 Å². The molecule has 1 aromatic heterocycles. The third-order valence-electron chi connectivity index (χ3n) is 3.47. The molecule has 3 rings (SSSR count). The molecular formula is C19H17NO3. The van der Waals surface area contributed by atoms with Crippen molar-refractivity contribution in [1.29, 1.82) is 0 Å². The molecule has 0 aliphatic carbocycles. The highest BCUT2D eigenvalue weighted by molar-refractivity contribution is 5.94. The molecule has 3 aromatic rings. The van der Waals surface area contributed by atoms with Crippen molar-refractivity contribution in [2.45, 2.75) is 6.92 Å². The molecule has 0 aliphatic rings. The summed E-state index contributed by atoms with van der Waals surface area (Å²) >= 11 is 0. The van der Waals surface area contributed by atoms with Crippen molar-refractivity contribution < 1.29 is 14.3 Å². The first kappa shape index (κ1) is 15.0. The van der Waals surface area contributed by atoms with Gasteiger partial charge in [0.2, 0.25) is 0 Å². The largest absolute Gasteiger partial charge is 0.490 e. The highest BCUT2D eigenvalue weighted by Gasteiger charge is 2.03. The minimum Gasteiger partial charge on any atom is -0.490 e. The van der Waals surface area contributed by atoms with E-state index < -0.39 is 0 Å². The normalized spacial score (nSPS) is 10.5. The summed E-state index contributed by atoms with van der Waals surface area (Å²) in [6, 6.07) is 16.8. The van der Waals surface area contributed by atoms with E-state index in [1.807, 2.05) is 30.3 Å². The summed E-state index contributed by atoms with van der Waals surface area (Å²) in [5.74, 6) is 1.51. The topological polar surface area (TPSA) is 48.4 Å². The zero-order chi connectivity index (χ0) is 16.1. The molecule has 1 heterocycles. The van der Waals surface area contributed by atoms with Gasteiger partial charge in [0.15, 0.2) is 5.78 Å². The molecule has 0 bridgehead atoms. The molecule has 0 saturated carbocycles. The Morgan fingerprint density at radius 3 is 2.48 bits per heavy atom. The Kier molecular flexibility index (Phi) is 4.52. The van der Waals surface area contributed by atoms with E-state index >= 15 is 0 Å². The molecule has 0 fully saturated rings. The van der Waals surface area contributed by atoms with Crippen LogP contribution in [-0.2, 0) is 0 Å². The summed E-state index contributed by atoms with van der Waals surface area (Å²) in [5, 5.41) is 1.05. The highest BCUT2D eigenvalue weighted by Crippen LogP contribution is 2.22. The molecule has 0 radical (unpaired) electrons. The summed E-state index contributed by atoms with van der Waals surface area (Å²) < 4.78 is 11.4. The number of hydrogen-bond acceptors (Lipinski definition) is 4. The number of carbonyl (C=O) groups excluding carboxylic acids is 1. The fourth-order valence-electron chi connectivity index (χ4n) is 2.29. The van der Waals surface area contributed by atoms with Gasteiger partial charge in [0.1, 0.15) is 30.2 Å². The van der Waals surface area contributed by atoms with E-state index in [1.54, 1.807) is 37.4 Å². The molecule has 0 amide bonds. The summed E-state index contributed by atoms with van der Waals surface area (Å²) in [4.78, 5) is 15.6. The van der Waals surface area contributed by atoms with Crippen LogP contribution in [0, 0.1) is 0 Å². The lowest BCUT2D eigenvalue weighted by atomic mass is 10.1. The van der Waals surface area contributed by atoms with Crippen molar-refractivity contribution >= 4 is 16.7 Å². The van der Waals surface area contributed by atoms with Gasteiger partial charge in [0.05, 0.1) is 0 Å². The van der Waals surface area contributed by atoms with Gasteiger partial charge in [-0.15, -0.1) is 0 Å². The Morgan fingerprint density at radius 1 is 0.957 bits per heavy atom. The minimum atomic E-state index is 0.0448. The van der Waals surface area contributed by atoms with Crippen LogP contribution in [0.5, 0.6) is 11.5 Å². The zero-order valence-corrected chi connectivity index (χ0v) is 12.9. The smallest absolute Gasteiger partial charge is 0.159 e. The van der Waals surface area contributed by atoms with Crippen LogP contribution in [0.25, 0.3) is 10.9 Å². The van der Waals surface area contributed by atoms with E-state index in [0.717, 1.165) is 22.4 Å². The van der Waals surface area contributed by atoms with Gasteiger partial charge in [-0.05, 0) is 43.3 Å². The molecule has 2 aromatic carbocycles. The quantitative estimate of drug-likeness (QED) is 0.512. The number of nitrogens with zero attached hydrogens (tertiary/aromatic N) is 1. The molecule has 0 spiro atoms. The lowest BCUT2D eigenvalue weighted by Crippen LogP contribution is -2.09. The van der Waals surface area contributed by atoms with E-state index in [2.05, 4.69) is 4.98 Å². The summed E-state index contributed by atoms with van der Waals surface area (Å²) in [6.07, 6.45) is 1.75. The van der Waals surface area contributed by atoms with Crippen molar-refractivity contribution in [3.8, 4) is 11.5 Å². The van der Waals surface area contributed by atoms with Crippen LogP contribution in [0.1, 0.15) is 17.3 Å². The van der Waals surface area contributed by atoms with Crippen LogP contribution >= 0.6 is 0 Å². The molecule has 116 valence electrons. The second-order valence-corrected chi connectivity index (χ2v) is 5.11. The maximum Gasteiger partial charge on any atom is 0.159 e. The zero-order valence-electron chi connectivity index (χ0n) is 12.9. The van der Waals surface area contributed by atoms with Crippen LogP contribution in [0.3, 0.4) is 0 Å². The molecule has 0 N–H and O–H groups in total. The number of rotatable bonds is 6. The Bertz CT molecular complexity index is 807. The maximum atomic E-state index is 11.2. The predicted octanol–water partition coefficient (Wildman–Crippen LogP) is 3.90. The lowest BCUT2D eigenvalue weighted by Gasteiger charge is -2.10. The number of benzene rings is 2. The minimum absolute atomic E-state index is 0.0448. The molecule has 23 heavy (non-hydrogen) atoms. The van der Waals surface area contributed by atoms with Crippen molar-refractivity contribution in [1.82, 2.24) is 4.98 Å². The van der Waals surface area contributed by atoms with E-state index in [1.165, 1.54) is 0 Å². The van der Waals surface area contributed by atoms with Crippen molar-refractivity contribution in [3.63, 3.8) is 0 Å². The second kappa shape index (κ2) is 6.92. The summed E-state index contributed by atoms with van der Waals surface area (Å²) in [5.41, 5.74) is 1.52. The molecule has 0 unspecified atom stereocenters. The highest BCUT2D eigenvalue weighted by atomic mass is 16.5. The fraction of sp³-hybridized carbons (Fsp3) is 0.158. The molecule has 4 heteroatoms. The second-order valence-electron chi connectivity index (χ2n) is 5.11. The number of para-hydroxylation sites is 1. The summed E-state index contributed by atoms with van der Waals surface area (Å²) in [6.45, 7) is 2.38.